The number of furan rings is 2. The molecule has 0 saturated heterocycles. The zero-order chi connectivity index (χ0) is 32.8. The summed E-state index contributed by atoms with van der Waals surface area (Å²) in [5, 5.41) is 9.18. The zero-order valence-electron chi connectivity index (χ0n) is 27.4. The Bertz CT molecular complexity index is 2940. The van der Waals surface area contributed by atoms with Gasteiger partial charge in [-0.2, -0.15) is 0 Å². The van der Waals surface area contributed by atoms with E-state index in [4.69, 9.17) is 18.8 Å². The van der Waals surface area contributed by atoms with Gasteiger partial charge in [-0.15, -0.1) is 0 Å². The third-order valence-corrected chi connectivity index (χ3v) is 11.1. The molecule has 0 N–H and O–H groups in total. The molecule has 1 aliphatic carbocycles. The zero-order valence-corrected chi connectivity index (χ0v) is 27.4. The Labute approximate surface area is 288 Å². The molecule has 1 saturated carbocycles. The number of benzene rings is 7. The van der Waals surface area contributed by atoms with Crippen LogP contribution in [-0.2, 0) is 0 Å². The Balaban J connectivity index is 1.04. The smallest absolute Gasteiger partial charge is 0.143 e. The first-order chi connectivity index (χ1) is 24.8. The molecular formula is C46H32N2O2. The predicted octanol–water partition coefficient (Wildman–Crippen LogP) is 13.1. The lowest BCUT2D eigenvalue weighted by Gasteiger charge is -2.21. The number of rotatable bonds is 3. The van der Waals surface area contributed by atoms with Crippen LogP contribution in [0.1, 0.15) is 43.6 Å². The van der Waals surface area contributed by atoms with Crippen molar-refractivity contribution in [1.82, 2.24) is 9.97 Å². The number of hydrogen-bond acceptors (Lipinski definition) is 4. The first kappa shape index (κ1) is 27.9. The molecule has 0 bridgehead atoms. The van der Waals surface area contributed by atoms with Crippen LogP contribution in [0.2, 0.25) is 0 Å². The Kier molecular flexibility index (Phi) is 6.00. The maximum absolute atomic E-state index is 6.69. The van der Waals surface area contributed by atoms with E-state index >= 15 is 0 Å². The fourth-order valence-electron chi connectivity index (χ4n) is 8.68. The maximum atomic E-state index is 6.69. The molecule has 11 rings (SSSR count). The average Bonchev–Trinajstić information content (AvgIpc) is 3.74. The highest BCUT2D eigenvalue weighted by atomic mass is 16.3. The van der Waals surface area contributed by atoms with Crippen LogP contribution in [0, 0.1) is 0 Å². The van der Waals surface area contributed by atoms with Crippen molar-refractivity contribution in [1.29, 1.82) is 0 Å². The minimum atomic E-state index is 0.579. The van der Waals surface area contributed by atoms with Crippen molar-refractivity contribution in [2.75, 3.05) is 0 Å². The molecule has 0 radical (unpaired) electrons. The molecule has 1 fully saturated rings. The van der Waals surface area contributed by atoms with Crippen molar-refractivity contribution < 1.29 is 8.83 Å². The van der Waals surface area contributed by atoms with Gasteiger partial charge in [-0.05, 0) is 52.8 Å². The van der Waals surface area contributed by atoms with Gasteiger partial charge >= 0.3 is 0 Å². The van der Waals surface area contributed by atoms with E-state index in [-0.39, 0.29) is 0 Å². The van der Waals surface area contributed by atoms with Crippen molar-refractivity contribution in [3.63, 3.8) is 0 Å². The van der Waals surface area contributed by atoms with Gasteiger partial charge in [-0.3, -0.25) is 4.98 Å². The normalized spacial score (nSPS) is 14.3. The summed E-state index contributed by atoms with van der Waals surface area (Å²) in [6.07, 6.45) is 8.34. The summed E-state index contributed by atoms with van der Waals surface area (Å²) in [7, 11) is 0. The second-order valence-corrected chi connectivity index (χ2v) is 13.9. The number of hydrogen-bond donors (Lipinski definition) is 0. The van der Waals surface area contributed by atoms with Crippen LogP contribution in [-0.4, -0.2) is 9.97 Å². The first-order valence-corrected chi connectivity index (χ1v) is 17.8. The lowest BCUT2D eigenvalue weighted by molar-refractivity contribution is 0.442. The van der Waals surface area contributed by atoms with Crippen molar-refractivity contribution in [3.8, 4) is 22.4 Å². The number of para-hydroxylation sites is 2. The topological polar surface area (TPSA) is 52.1 Å². The van der Waals surface area contributed by atoms with Gasteiger partial charge in [-0.1, -0.05) is 122 Å². The van der Waals surface area contributed by atoms with Crippen molar-refractivity contribution in [3.05, 3.63) is 133 Å². The highest BCUT2D eigenvalue weighted by Gasteiger charge is 2.22. The van der Waals surface area contributed by atoms with Crippen molar-refractivity contribution >= 4 is 76.5 Å². The summed E-state index contributed by atoms with van der Waals surface area (Å²) >= 11 is 0. The van der Waals surface area contributed by atoms with Crippen molar-refractivity contribution in [2.24, 2.45) is 0 Å². The van der Waals surface area contributed by atoms with E-state index in [1.54, 1.807) is 0 Å². The summed E-state index contributed by atoms with van der Waals surface area (Å²) in [5.74, 6) is 0.579. The van der Waals surface area contributed by atoms with E-state index in [9.17, 15) is 0 Å². The molecule has 7 aromatic carbocycles. The van der Waals surface area contributed by atoms with E-state index < -0.39 is 0 Å². The third kappa shape index (κ3) is 4.11. The molecule has 3 aromatic heterocycles. The summed E-state index contributed by atoms with van der Waals surface area (Å²) in [5.41, 5.74) is 10.8. The Morgan fingerprint density at radius 3 is 1.88 bits per heavy atom. The molecule has 0 unspecified atom stereocenters. The van der Waals surface area contributed by atoms with Crippen LogP contribution in [0.3, 0.4) is 0 Å². The fraction of sp³-hybridized carbons (Fsp3) is 0.130. The minimum absolute atomic E-state index is 0.579. The Hall–Kier alpha value is -6.00. The van der Waals surface area contributed by atoms with Gasteiger partial charge in [0.15, 0.2) is 0 Å². The second-order valence-electron chi connectivity index (χ2n) is 13.9. The molecule has 4 heteroatoms. The lowest BCUT2D eigenvalue weighted by atomic mass is 9.83. The quantitative estimate of drug-likeness (QED) is 0.180. The SMILES string of the molecule is c1cc(-c2cnc3c4ccccc4c4ccccc4c3n2)cc(-c2cccc3c2oc2cc4oc5c(C6CCCCC6)cccc5c4cc23)c1. The van der Waals surface area contributed by atoms with Crippen LogP contribution in [0.4, 0.5) is 0 Å². The van der Waals surface area contributed by atoms with Gasteiger partial charge < -0.3 is 8.83 Å². The highest BCUT2D eigenvalue weighted by Crippen LogP contribution is 2.43. The molecule has 10 aromatic rings. The summed E-state index contributed by atoms with van der Waals surface area (Å²) in [6, 6.07) is 43.0. The van der Waals surface area contributed by atoms with Gasteiger partial charge in [0, 0.05) is 49.5 Å². The van der Waals surface area contributed by atoms with Gasteiger partial charge in [0.2, 0.25) is 0 Å². The minimum Gasteiger partial charge on any atom is -0.456 e. The number of aromatic nitrogens is 2. The molecule has 0 atom stereocenters. The van der Waals surface area contributed by atoms with Gasteiger partial charge in [0.1, 0.15) is 22.3 Å². The molecular weight excluding hydrogens is 613 g/mol. The second kappa shape index (κ2) is 10.8. The Morgan fingerprint density at radius 1 is 0.480 bits per heavy atom. The molecule has 50 heavy (non-hydrogen) atoms. The third-order valence-electron chi connectivity index (χ3n) is 11.1. The van der Waals surface area contributed by atoms with E-state index in [0.29, 0.717) is 5.92 Å². The molecule has 4 nitrogen and oxygen atoms in total. The summed E-state index contributed by atoms with van der Waals surface area (Å²) < 4.78 is 13.3. The summed E-state index contributed by atoms with van der Waals surface area (Å²) in [6.45, 7) is 0. The standard InChI is InChI=1S/C46H32N2O2/c1-2-11-27(12-3-1)30-19-9-21-36-38-24-39-37-22-10-20-31(46(37)50-42(39)25-41(38)49-45(30)36)28-13-8-14-29(23-28)40-26-47-43-34-17-6-4-15-32(34)33-16-5-7-18-35(33)44(43)48-40/h4-10,13-27H,1-3,11-12H2. The molecule has 0 amide bonds. The predicted molar refractivity (Wildman–Crippen MR) is 206 cm³/mol. The van der Waals surface area contributed by atoms with Crippen LogP contribution in [0.5, 0.6) is 0 Å². The van der Waals surface area contributed by atoms with E-state index in [2.05, 4.69) is 121 Å². The number of fused-ring (bicyclic) bond motifs is 12. The van der Waals surface area contributed by atoms with Gasteiger partial charge in [0.25, 0.3) is 0 Å². The lowest BCUT2D eigenvalue weighted by Crippen LogP contribution is -2.04. The van der Waals surface area contributed by atoms with Gasteiger partial charge in [0.05, 0.1) is 22.9 Å². The Morgan fingerprint density at radius 2 is 1.10 bits per heavy atom. The van der Waals surface area contributed by atoms with E-state index in [1.807, 2.05) is 6.20 Å². The monoisotopic (exact) mass is 644 g/mol. The van der Waals surface area contributed by atoms with Crippen molar-refractivity contribution in [2.45, 2.75) is 38.0 Å². The van der Waals surface area contributed by atoms with Crippen LogP contribution < -0.4 is 0 Å². The highest BCUT2D eigenvalue weighted by molar-refractivity contribution is 6.23. The van der Waals surface area contributed by atoms with Crippen LogP contribution in [0.15, 0.2) is 136 Å². The fourth-order valence-corrected chi connectivity index (χ4v) is 8.68. The van der Waals surface area contributed by atoms with Gasteiger partial charge in [-0.25, -0.2) is 4.98 Å². The van der Waals surface area contributed by atoms with Crippen LogP contribution >= 0.6 is 0 Å². The largest absolute Gasteiger partial charge is 0.456 e. The molecule has 0 aliphatic heterocycles. The molecule has 0 spiro atoms. The van der Waals surface area contributed by atoms with E-state index in [0.717, 1.165) is 82.7 Å². The maximum Gasteiger partial charge on any atom is 0.143 e. The molecule has 3 heterocycles. The van der Waals surface area contributed by atoms with Crippen LogP contribution in [0.25, 0.3) is 98.8 Å². The average molecular weight is 645 g/mol. The van der Waals surface area contributed by atoms with E-state index in [1.165, 1.54) is 53.8 Å². The number of nitrogens with zero attached hydrogens (tertiary/aromatic N) is 2. The summed E-state index contributed by atoms with van der Waals surface area (Å²) in [4.78, 5) is 10.2. The molecule has 238 valence electrons. The molecule has 1 aliphatic rings. The first-order valence-electron chi connectivity index (χ1n) is 17.8.